The highest BCUT2D eigenvalue weighted by atomic mass is 15.0. The summed E-state index contributed by atoms with van der Waals surface area (Å²) in [6.45, 7) is 0. The third-order valence-electron chi connectivity index (χ3n) is 11.3. The minimum absolute atomic E-state index is 0.675. The van der Waals surface area contributed by atoms with Gasteiger partial charge in [-0.3, -0.25) is 4.98 Å². The van der Waals surface area contributed by atoms with Crippen LogP contribution < -0.4 is 0 Å². The highest BCUT2D eigenvalue weighted by molar-refractivity contribution is 6.10. The van der Waals surface area contributed by atoms with E-state index in [1.54, 1.807) is 0 Å². The molecule has 0 saturated carbocycles. The van der Waals surface area contributed by atoms with Crippen molar-refractivity contribution >= 4 is 21.8 Å². The Morgan fingerprint density at radius 3 is 1.84 bits per heavy atom. The van der Waals surface area contributed by atoms with Gasteiger partial charge in [0.1, 0.15) is 0 Å². The summed E-state index contributed by atoms with van der Waals surface area (Å²) >= 11 is 0. The van der Waals surface area contributed by atoms with Gasteiger partial charge in [-0.15, -0.1) is 0 Å². The molecule has 0 radical (unpaired) electrons. The van der Waals surface area contributed by atoms with Gasteiger partial charge in [0.25, 0.3) is 0 Å². The highest BCUT2D eigenvalue weighted by Crippen LogP contribution is 2.58. The molecule has 1 aliphatic carbocycles. The average molecular weight is 715 g/mol. The quantitative estimate of drug-likeness (QED) is 0.172. The summed E-state index contributed by atoms with van der Waals surface area (Å²) in [4.78, 5) is 15.9. The lowest BCUT2D eigenvalue weighted by Gasteiger charge is -2.34. The molecule has 4 nitrogen and oxygen atoms in total. The first-order chi connectivity index (χ1) is 27.8. The lowest BCUT2D eigenvalue weighted by molar-refractivity contribution is 0.763. The molecule has 0 fully saturated rings. The highest BCUT2D eigenvalue weighted by Gasteiger charge is 2.49. The Hall–Kier alpha value is -7.43. The van der Waals surface area contributed by atoms with E-state index < -0.39 is 5.41 Å². The van der Waals surface area contributed by atoms with Crippen molar-refractivity contribution in [2.75, 3.05) is 0 Å². The minimum atomic E-state index is -0.675. The van der Waals surface area contributed by atoms with Gasteiger partial charge in [-0.05, 0) is 65.2 Å². The summed E-state index contributed by atoms with van der Waals surface area (Å²) in [6.07, 6.45) is 1.83. The van der Waals surface area contributed by atoms with E-state index in [1.807, 2.05) is 24.4 Å². The molecule has 0 spiro atoms. The monoisotopic (exact) mass is 714 g/mol. The Bertz CT molecular complexity index is 3020. The van der Waals surface area contributed by atoms with Crippen LogP contribution in [0.1, 0.15) is 22.3 Å². The van der Waals surface area contributed by atoms with E-state index >= 15 is 0 Å². The Morgan fingerprint density at radius 1 is 0.429 bits per heavy atom. The molecule has 0 N–H and O–H groups in total. The molecule has 0 bridgehead atoms. The minimum Gasteiger partial charge on any atom is -0.309 e. The van der Waals surface area contributed by atoms with Crippen molar-refractivity contribution < 1.29 is 0 Å². The van der Waals surface area contributed by atoms with Gasteiger partial charge in [-0.1, -0.05) is 152 Å². The number of nitrogens with zero attached hydrogens (tertiary/aromatic N) is 4. The molecule has 11 rings (SSSR count). The van der Waals surface area contributed by atoms with Gasteiger partial charge in [0, 0.05) is 50.5 Å². The zero-order valence-electron chi connectivity index (χ0n) is 30.4. The van der Waals surface area contributed by atoms with Crippen LogP contribution in [0.4, 0.5) is 0 Å². The summed E-state index contributed by atoms with van der Waals surface area (Å²) in [5, 5.41) is 2.37. The van der Waals surface area contributed by atoms with Crippen molar-refractivity contribution in [3.63, 3.8) is 0 Å². The molecule has 56 heavy (non-hydrogen) atoms. The van der Waals surface area contributed by atoms with E-state index in [-0.39, 0.29) is 0 Å². The van der Waals surface area contributed by atoms with Crippen molar-refractivity contribution in [2.45, 2.75) is 5.41 Å². The van der Waals surface area contributed by atoms with Crippen molar-refractivity contribution in [1.82, 2.24) is 19.5 Å². The van der Waals surface area contributed by atoms with Crippen LogP contribution in [-0.4, -0.2) is 19.5 Å². The molecule has 0 saturated heterocycles. The summed E-state index contributed by atoms with van der Waals surface area (Å²) < 4.78 is 2.36. The molecule has 0 atom stereocenters. The zero-order chi connectivity index (χ0) is 37.1. The van der Waals surface area contributed by atoms with E-state index in [9.17, 15) is 0 Å². The molecule has 3 aromatic heterocycles. The predicted molar refractivity (Wildman–Crippen MR) is 228 cm³/mol. The van der Waals surface area contributed by atoms with Gasteiger partial charge in [-0.2, -0.15) is 0 Å². The van der Waals surface area contributed by atoms with Gasteiger partial charge in [0.15, 0.2) is 5.82 Å². The van der Waals surface area contributed by atoms with Gasteiger partial charge < -0.3 is 4.57 Å². The van der Waals surface area contributed by atoms with Crippen LogP contribution in [0.5, 0.6) is 0 Å². The van der Waals surface area contributed by atoms with Crippen LogP contribution in [0, 0.1) is 0 Å². The van der Waals surface area contributed by atoms with Crippen molar-refractivity contribution in [2.24, 2.45) is 0 Å². The van der Waals surface area contributed by atoms with Crippen LogP contribution in [0.2, 0.25) is 0 Å². The molecule has 0 unspecified atom stereocenters. The average Bonchev–Trinajstić information content (AvgIpc) is 3.78. The van der Waals surface area contributed by atoms with E-state index in [2.05, 4.69) is 192 Å². The van der Waals surface area contributed by atoms with Gasteiger partial charge in [-0.25, -0.2) is 9.97 Å². The maximum absolute atomic E-state index is 5.66. The van der Waals surface area contributed by atoms with Crippen LogP contribution in [0.15, 0.2) is 206 Å². The largest absolute Gasteiger partial charge is 0.309 e. The second-order valence-corrected chi connectivity index (χ2v) is 14.4. The van der Waals surface area contributed by atoms with E-state index in [1.165, 1.54) is 33.0 Å². The van der Waals surface area contributed by atoms with Gasteiger partial charge in [0.05, 0.1) is 33.5 Å². The molecule has 0 amide bonds. The molecule has 0 aliphatic heterocycles. The Morgan fingerprint density at radius 2 is 1.07 bits per heavy atom. The Balaban J connectivity index is 1.26. The second-order valence-electron chi connectivity index (χ2n) is 14.4. The lowest BCUT2D eigenvalue weighted by atomic mass is 9.67. The number of benzene rings is 7. The molecular weight excluding hydrogens is 681 g/mol. The summed E-state index contributed by atoms with van der Waals surface area (Å²) in [7, 11) is 0. The molecular formula is C52H34N4. The Kier molecular flexibility index (Phi) is 7.36. The predicted octanol–water partition coefficient (Wildman–Crippen LogP) is 12.3. The number of para-hydroxylation sites is 2. The third-order valence-corrected chi connectivity index (χ3v) is 11.3. The van der Waals surface area contributed by atoms with E-state index in [0.717, 1.165) is 56.1 Å². The number of hydrogen-bond donors (Lipinski definition) is 0. The maximum atomic E-state index is 5.66. The van der Waals surface area contributed by atoms with E-state index in [0.29, 0.717) is 5.82 Å². The first kappa shape index (κ1) is 32.0. The SMILES string of the molecule is c1ccc(-n2c3ccccc3c3cc(-c4nc(-c5cccc(-c6ccccn6)c5)nc5c4C(c4ccccc4)(c4ccccc4)c4ccccc4-5)ccc32)cc1. The fourth-order valence-electron chi connectivity index (χ4n) is 8.97. The zero-order valence-corrected chi connectivity index (χ0v) is 30.4. The van der Waals surface area contributed by atoms with Gasteiger partial charge in [0.2, 0.25) is 0 Å². The molecule has 1 aliphatic rings. The standard InChI is InChI=1S/C52H34N4/c1-4-19-38(20-5-1)52(39-21-6-2-7-22-39)44-27-12-10-26-42(44)50-48(52)49(54-51(55-50)37-18-16-17-35(33-37)45-28-14-15-32-53-45)36-30-31-47-43(34-36)41-25-11-13-29-46(41)56(47)40-23-8-3-9-24-40/h1-34H. The second kappa shape index (κ2) is 12.9. The van der Waals surface area contributed by atoms with Crippen LogP contribution in [0.25, 0.3) is 72.7 Å². The smallest absolute Gasteiger partial charge is 0.160 e. The number of fused-ring (bicyclic) bond motifs is 6. The first-order valence-electron chi connectivity index (χ1n) is 19.0. The number of aromatic nitrogens is 4. The number of rotatable bonds is 6. The molecule has 3 heterocycles. The van der Waals surface area contributed by atoms with Gasteiger partial charge >= 0.3 is 0 Å². The van der Waals surface area contributed by atoms with E-state index in [4.69, 9.17) is 9.97 Å². The molecule has 10 aromatic rings. The number of pyridine rings is 1. The fraction of sp³-hybridized carbons (Fsp3) is 0.0192. The topological polar surface area (TPSA) is 43.6 Å². The molecule has 262 valence electrons. The van der Waals surface area contributed by atoms with Crippen molar-refractivity contribution in [3.05, 3.63) is 229 Å². The fourth-order valence-corrected chi connectivity index (χ4v) is 8.97. The van der Waals surface area contributed by atoms with Crippen LogP contribution in [-0.2, 0) is 5.41 Å². The third kappa shape index (κ3) is 4.83. The summed E-state index contributed by atoms with van der Waals surface area (Å²) in [5.41, 5.74) is 14.3. The number of hydrogen-bond acceptors (Lipinski definition) is 3. The molecule has 4 heteroatoms. The van der Waals surface area contributed by atoms with Crippen LogP contribution >= 0.6 is 0 Å². The normalized spacial score (nSPS) is 12.8. The summed E-state index contributed by atoms with van der Waals surface area (Å²) in [5.74, 6) is 0.676. The summed E-state index contributed by atoms with van der Waals surface area (Å²) in [6, 6.07) is 71.2. The van der Waals surface area contributed by atoms with Crippen molar-refractivity contribution in [3.8, 4) is 50.8 Å². The molecule has 7 aromatic carbocycles. The lowest BCUT2D eigenvalue weighted by Crippen LogP contribution is -2.29. The first-order valence-corrected chi connectivity index (χ1v) is 19.0. The van der Waals surface area contributed by atoms with Crippen LogP contribution in [0.3, 0.4) is 0 Å². The van der Waals surface area contributed by atoms with Crippen molar-refractivity contribution in [1.29, 1.82) is 0 Å². The Labute approximate surface area is 325 Å². The maximum Gasteiger partial charge on any atom is 0.160 e.